The number of carbonyl (C=O) groups excluding carboxylic acids is 2. The molecule has 0 saturated carbocycles. The first-order valence-corrected chi connectivity index (χ1v) is 8.82. The van der Waals surface area contributed by atoms with Crippen LogP contribution < -0.4 is 10.6 Å². The zero-order valence-corrected chi connectivity index (χ0v) is 15.5. The summed E-state index contributed by atoms with van der Waals surface area (Å²) in [6.07, 6.45) is 0. The Morgan fingerprint density at radius 3 is 2.58 bits per heavy atom. The van der Waals surface area contributed by atoms with Gasteiger partial charge in [0.1, 0.15) is 5.82 Å². The van der Waals surface area contributed by atoms with Crippen LogP contribution in [0, 0.1) is 5.82 Å². The molecule has 1 unspecified atom stereocenters. The summed E-state index contributed by atoms with van der Waals surface area (Å²) >= 11 is 4.50. The molecule has 2 aromatic carbocycles. The standard InChI is InChI=1S/C17H16BrFN2O2S/c1-10(17(23)21-16-7-6-12(18)8-15(16)19)24-14-5-3-4-13(9-14)20-11(2)22/h3-10H,1-2H3,(H,20,22)(H,21,23). The van der Waals surface area contributed by atoms with E-state index in [9.17, 15) is 14.0 Å². The van der Waals surface area contributed by atoms with Crippen LogP contribution in [-0.4, -0.2) is 17.1 Å². The molecule has 0 aliphatic heterocycles. The molecule has 0 radical (unpaired) electrons. The normalized spacial score (nSPS) is 11.7. The lowest BCUT2D eigenvalue weighted by atomic mass is 10.3. The van der Waals surface area contributed by atoms with Crippen molar-refractivity contribution in [2.45, 2.75) is 24.0 Å². The van der Waals surface area contributed by atoms with Crippen molar-refractivity contribution in [3.05, 3.63) is 52.8 Å². The third-order valence-corrected chi connectivity index (χ3v) is 4.61. The van der Waals surface area contributed by atoms with E-state index in [0.717, 1.165) is 4.90 Å². The third-order valence-electron chi connectivity index (χ3n) is 3.03. The molecular formula is C17H16BrFN2O2S. The maximum Gasteiger partial charge on any atom is 0.237 e. The molecule has 0 aliphatic rings. The van der Waals surface area contributed by atoms with Crippen LogP contribution in [0.2, 0.25) is 0 Å². The van der Waals surface area contributed by atoms with Crippen molar-refractivity contribution >= 4 is 50.9 Å². The summed E-state index contributed by atoms with van der Waals surface area (Å²) in [7, 11) is 0. The van der Waals surface area contributed by atoms with Gasteiger partial charge >= 0.3 is 0 Å². The SMILES string of the molecule is CC(=O)Nc1cccc(SC(C)C(=O)Nc2ccc(Br)cc2F)c1. The van der Waals surface area contributed by atoms with Gasteiger partial charge in [-0.25, -0.2) is 4.39 Å². The van der Waals surface area contributed by atoms with Gasteiger partial charge in [-0.2, -0.15) is 0 Å². The number of hydrogen-bond donors (Lipinski definition) is 2. The lowest BCUT2D eigenvalue weighted by Crippen LogP contribution is -2.22. The van der Waals surface area contributed by atoms with E-state index in [0.29, 0.717) is 10.2 Å². The van der Waals surface area contributed by atoms with Crippen LogP contribution in [0.3, 0.4) is 0 Å². The molecule has 24 heavy (non-hydrogen) atoms. The number of benzene rings is 2. The number of hydrogen-bond acceptors (Lipinski definition) is 3. The van der Waals surface area contributed by atoms with E-state index in [4.69, 9.17) is 0 Å². The van der Waals surface area contributed by atoms with Gasteiger partial charge in [0, 0.05) is 22.0 Å². The van der Waals surface area contributed by atoms with Crippen LogP contribution in [0.15, 0.2) is 51.8 Å². The van der Waals surface area contributed by atoms with Crippen molar-refractivity contribution in [1.82, 2.24) is 0 Å². The Kier molecular flexibility index (Phi) is 6.39. The average Bonchev–Trinajstić information content (AvgIpc) is 2.49. The molecule has 0 aromatic heterocycles. The van der Waals surface area contributed by atoms with Gasteiger partial charge in [-0.3, -0.25) is 9.59 Å². The van der Waals surface area contributed by atoms with E-state index in [1.54, 1.807) is 31.2 Å². The lowest BCUT2D eigenvalue weighted by molar-refractivity contribution is -0.115. The Bertz CT molecular complexity index is 770. The maximum absolute atomic E-state index is 13.8. The largest absolute Gasteiger partial charge is 0.326 e. The molecule has 0 aliphatic carbocycles. The fourth-order valence-electron chi connectivity index (χ4n) is 1.93. The average molecular weight is 411 g/mol. The van der Waals surface area contributed by atoms with Gasteiger partial charge in [-0.15, -0.1) is 11.8 Å². The second kappa shape index (κ2) is 8.30. The number of anilines is 2. The fraction of sp³-hybridized carbons (Fsp3) is 0.176. The fourth-order valence-corrected chi connectivity index (χ4v) is 3.19. The van der Waals surface area contributed by atoms with Crippen molar-refractivity contribution in [2.24, 2.45) is 0 Å². The molecule has 0 spiro atoms. The van der Waals surface area contributed by atoms with E-state index >= 15 is 0 Å². The molecule has 0 fully saturated rings. The number of rotatable bonds is 5. The summed E-state index contributed by atoms with van der Waals surface area (Å²) in [6.45, 7) is 3.17. The first-order valence-electron chi connectivity index (χ1n) is 7.15. The zero-order valence-electron chi connectivity index (χ0n) is 13.1. The number of carbonyl (C=O) groups is 2. The highest BCUT2D eigenvalue weighted by atomic mass is 79.9. The highest BCUT2D eigenvalue weighted by Crippen LogP contribution is 2.27. The molecule has 1 atom stereocenters. The highest BCUT2D eigenvalue weighted by molar-refractivity contribution is 9.10. The summed E-state index contributed by atoms with van der Waals surface area (Å²) in [5.41, 5.74) is 0.807. The summed E-state index contributed by atoms with van der Waals surface area (Å²) in [5.74, 6) is -0.956. The highest BCUT2D eigenvalue weighted by Gasteiger charge is 2.16. The van der Waals surface area contributed by atoms with Gasteiger partial charge in [0.15, 0.2) is 0 Å². The van der Waals surface area contributed by atoms with E-state index < -0.39 is 11.1 Å². The Labute approximate surface area is 152 Å². The third kappa shape index (κ3) is 5.35. The first-order chi connectivity index (χ1) is 11.3. The van der Waals surface area contributed by atoms with Crippen molar-refractivity contribution < 1.29 is 14.0 Å². The molecule has 126 valence electrons. The van der Waals surface area contributed by atoms with Crippen LogP contribution >= 0.6 is 27.7 Å². The van der Waals surface area contributed by atoms with E-state index in [2.05, 4.69) is 26.6 Å². The van der Waals surface area contributed by atoms with Crippen LogP contribution in [0.5, 0.6) is 0 Å². The zero-order chi connectivity index (χ0) is 17.7. The molecule has 0 saturated heterocycles. The lowest BCUT2D eigenvalue weighted by Gasteiger charge is -2.13. The van der Waals surface area contributed by atoms with Gasteiger partial charge in [0.05, 0.1) is 10.9 Å². The van der Waals surface area contributed by atoms with Crippen LogP contribution in [-0.2, 0) is 9.59 Å². The number of amides is 2. The van der Waals surface area contributed by atoms with E-state index in [1.165, 1.54) is 30.8 Å². The van der Waals surface area contributed by atoms with Crippen molar-refractivity contribution in [3.8, 4) is 0 Å². The summed E-state index contributed by atoms with van der Waals surface area (Å²) in [5, 5.41) is 4.84. The second-order valence-electron chi connectivity index (χ2n) is 5.08. The number of thioether (sulfide) groups is 1. The van der Waals surface area contributed by atoms with E-state index in [-0.39, 0.29) is 17.5 Å². The van der Waals surface area contributed by atoms with Gasteiger partial charge in [-0.05, 0) is 43.3 Å². The smallest absolute Gasteiger partial charge is 0.237 e. The minimum Gasteiger partial charge on any atom is -0.326 e. The van der Waals surface area contributed by atoms with Gasteiger partial charge in [0.25, 0.3) is 0 Å². The summed E-state index contributed by atoms with van der Waals surface area (Å²) in [4.78, 5) is 24.2. The monoisotopic (exact) mass is 410 g/mol. The predicted molar refractivity (Wildman–Crippen MR) is 98.8 cm³/mol. The minimum atomic E-state index is -0.498. The van der Waals surface area contributed by atoms with Crippen molar-refractivity contribution in [3.63, 3.8) is 0 Å². The Hall–Kier alpha value is -1.86. The maximum atomic E-state index is 13.8. The second-order valence-corrected chi connectivity index (χ2v) is 7.41. The number of halogens is 2. The minimum absolute atomic E-state index is 0.141. The Morgan fingerprint density at radius 2 is 1.92 bits per heavy atom. The Balaban J connectivity index is 2.02. The molecule has 2 N–H and O–H groups in total. The summed E-state index contributed by atoms with van der Waals surface area (Å²) in [6, 6.07) is 11.7. The van der Waals surface area contributed by atoms with Crippen LogP contribution in [0.1, 0.15) is 13.8 Å². The van der Waals surface area contributed by atoms with Crippen molar-refractivity contribution in [2.75, 3.05) is 10.6 Å². The van der Waals surface area contributed by atoms with Gasteiger partial charge in [0.2, 0.25) is 11.8 Å². The summed E-state index contributed by atoms with van der Waals surface area (Å²) < 4.78 is 14.4. The quantitative estimate of drug-likeness (QED) is 0.704. The topological polar surface area (TPSA) is 58.2 Å². The van der Waals surface area contributed by atoms with Crippen LogP contribution in [0.25, 0.3) is 0 Å². The van der Waals surface area contributed by atoms with Crippen LogP contribution in [0.4, 0.5) is 15.8 Å². The Morgan fingerprint density at radius 1 is 1.17 bits per heavy atom. The molecule has 2 rings (SSSR count). The molecule has 7 heteroatoms. The molecule has 4 nitrogen and oxygen atoms in total. The molecule has 0 heterocycles. The van der Waals surface area contributed by atoms with E-state index in [1.807, 2.05) is 6.07 Å². The molecule has 0 bridgehead atoms. The predicted octanol–water partition coefficient (Wildman–Crippen LogP) is 4.67. The molecule has 2 aromatic rings. The molecule has 2 amide bonds. The molecular weight excluding hydrogens is 395 g/mol. The number of nitrogens with one attached hydrogen (secondary N) is 2. The van der Waals surface area contributed by atoms with Gasteiger partial charge < -0.3 is 10.6 Å². The first kappa shape index (κ1) is 18.5. The van der Waals surface area contributed by atoms with Crippen molar-refractivity contribution in [1.29, 1.82) is 0 Å². The van der Waals surface area contributed by atoms with Gasteiger partial charge in [-0.1, -0.05) is 22.0 Å².